The Morgan fingerprint density at radius 2 is 2.32 bits per heavy atom. The molecule has 1 aliphatic rings. The van der Waals surface area contributed by atoms with Crippen LogP contribution in [-0.4, -0.2) is 31.8 Å². The van der Waals surface area contributed by atoms with E-state index in [-0.39, 0.29) is 0 Å². The first-order valence-corrected chi connectivity index (χ1v) is 7.61. The molecule has 1 saturated heterocycles. The summed E-state index contributed by atoms with van der Waals surface area (Å²) < 4.78 is 1.94. The minimum atomic E-state index is 0.569. The van der Waals surface area contributed by atoms with E-state index < -0.39 is 0 Å². The van der Waals surface area contributed by atoms with Crippen LogP contribution >= 0.6 is 11.8 Å². The van der Waals surface area contributed by atoms with Crippen molar-refractivity contribution in [1.82, 2.24) is 14.8 Å². The molecule has 19 heavy (non-hydrogen) atoms. The summed E-state index contributed by atoms with van der Waals surface area (Å²) in [5.74, 6) is 2.15. The van der Waals surface area contributed by atoms with E-state index in [0.717, 1.165) is 11.4 Å². The molecule has 1 fully saturated rings. The summed E-state index contributed by atoms with van der Waals surface area (Å²) in [4.78, 5) is 0. The molecule has 1 N–H and O–H groups in total. The average Bonchev–Trinajstić information content (AvgIpc) is 3.00. The highest BCUT2D eigenvalue weighted by Gasteiger charge is 2.23. The van der Waals surface area contributed by atoms with Crippen molar-refractivity contribution >= 4 is 17.4 Å². The molecule has 0 bridgehead atoms. The Bertz CT molecular complexity index is 566. The van der Waals surface area contributed by atoms with Crippen molar-refractivity contribution in [3.05, 3.63) is 30.6 Å². The molecule has 2 atom stereocenters. The molecule has 1 aliphatic heterocycles. The van der Waals surface area contributed by atoms with Gasteiger partial charge < -0.3 is 9.88 Å². The SMILES string of the molecule is CC1SCCC1Nc1cccc(-c2nncn2C)c1. The monoisotopic (exact) mass is 274 g/mol. The third-order valence-corrected chi connectivity index (χ3v) is 4.89. The van der Waals surface area contributed by atoms with Crippen LogP contribution in [0.4, 0.5) is 5.69 Å². The molecule has 100 valence electrons. The van der Waals surface area contributed by atoms with Gasteiger partial charge in [0.05, 0.1) is 0 Å². The van der Waals surface area contributed by atoms with Gasteiger partial charge in [-0.2, -0.15) is 11.8 Å². The van der Waals surface area contributed by atoms with Crippen molar-refractivity contribution in [1.29, 1.82) is 0 Å². The Kier molecular flexibility index (Phi) is 3.46. The number of thioether (sulfide) groups is 1. The van der Waals surface area contributed by atoms with Crippen LogP contribution in [-0.2, 0) is 7.05 Å². The zero-order valence-corrected chi connectivity index (χ0v) is 12.0. The molecule has 0 amide bonds. The number of aromatic nitrogens is 3. The molecule has 0 aliphatic carbocycles. The van der Waals surface area contributed by atoms with Gasteiger partial charge in [-0.05, 0) is 24.3 Å². The van der Waals surface area contributed by atoms with Crippen LogP contribution in [0.3, 0.4) is 0 Å². The molecule has 3 rings (SSSR count). The van der Waals surface area contributed by atoms with E-state index >= 15 is 0 Å². The highest BCUT2D eigenvalue weighted by Crippen LogP contribution is 2.29. The fraction of sp³-hybridized carbons (Fsp3) is 0.429. The third-order valence-electron chi connectivity index (χ3n) is 3.56. The Morgan fingerprint density at radius 3 is 3.00 bits per heavy atom. The highest BCUT2D eigenvalue weighted by molar-refractivity contribution is 8.00. The van der Waals surface area contributed by atoms with Gasteiger partial charge in [0.1, 0.15) is 6.33 Å². The Hall–Kier alpha value is -1.49. The first-order chi connectivity index (χ1) is 9.24. The fourth-order valence-electron chi connectivity index (χ4n) is 2.43. The van der Waals surface area contributed by atoms with Crippen molar-refractivity contribution in [2.75, 3.05) is 11.1 Å². The fourth-order valence-corrected chi connectivity index (χ4v) is 3.63. The number of benzene rings is 1. The van der Waals surface area contributed by atoms with E-state index in [1.54, 1.807) is 6.33 Å². The van der Waals surface area contributed by atoms with Gasteiger partial charge in [0, 0.05) is 29.6 Å². The van der Waals surface area contributed by atoms with Crippen LogP contribution < -0.4 is 5.32 Å². The van der Waals surface area contributed by atoms with Gasteiger partial charge in [-0.15, -0.1) is 10.2 Å². The number of nitrogens with zero attached hydrogens (tertiary/aromatic N) is 3. The van der Waals surface area contributed by atoms with Crippen molar-refractivity contribution in [2.24, 2.45) is 7.05 Å². The van der Waals surface area contributed by atoms with Crippen LogP contribution in [0.2, 0.25) is 0 Å². The largest absolute Gasteiger partial charge is 0.381 e. The maximum absolute atomic E-state index is 4.15. The molecule has 0 saturated carbocycles. The molecule has 4 nitrogen and oxygen atoms in total. The molecule has 0 radical (unpaired) electrons. The second-order valence-corrected chi connectivity index (χ2v) is 6.45. The Balaban J connectivity index is 1.82. The summed E-state index contributed by atoms with van der Waals surface area (Å²) >= 11 is 2.04. The normalized spacial score (nSPS) is 22.6. The van der Waals surface area contributed by atoms with Gasteiger partial charge in [0.15, 0.2) is 5.82 Å². The molecule has 2 heterocycles. The molecule has 5 heteroatoms. The van der Waals surface area contributed by atoms with E-state index in [4.69, 9.17) is 0 Å². The summed E-state index contributed by atoms with van der Waals surface area (Å²) in [6, 6.07) is 8.98. The van der Waals surface area contributed by atoms with Gasteiger partial charge in [-0.1, -0.05) is 19.1 Å². The van der Waals surface area contributed by atoms with Gasteiger partial charge >= 0.3 is 0 Å². The Labute approximate surface area is 117 Å². The van der Waals surface area contributed by atoms with Gasteiger partial charge in [-0.3, -0.25) is 0 Å². The second kappa shape index (κ2) is 5.25. The molecular weight excluding hydrogens is 256 g/mol. The van der Waals surface area contributed by atoms with E-state index in [1.807, 2.05) is 23.4 Å². The standard InChI is InChI=1S/C14H18N4S/c1-10-13(6-7-19-10)16-12-5-3-4-11(8-12)14-17-15-9-18(14)2/h3-5,8-10,13,16H,6-7H2,1-2H3. The van der Waals surface area contributed by atoms with E-state index in [2.05, 4.69) is 46.7 Å². The van der Waals surface area contributed by atoms with Crippen molar-refractivity contribution in [2.45, 2.75) is 24.6 Å². The predicted octanol–water partition coefficient (Wildman–Crippen LogP) is 2.79. The quantitative estimate of drug-likeness (QED) is 0.934. The van der Waals surface area contributed by atoms with Crippen LogP contribution in [0.15, 0.2) is 30.6 Å². The lowest BCUT2D eigenvalue weighted by Gasteiger charge is -2.18. The highest BCUT2D eigenvalue weighted by atomic mass is 32.2. The number of hydrogen-bond donors (Lipinski definition) is 1. The summed E-state index contributed by atoms with van der Waals surface area (Å²) in [6.45, 7) is 2.29. The summed E-state index contributed by atoms with van der Waals surface area (Å²) in [6.07, 6.45) is 2.96. The third kappa shape index (κ3) is 2.61. The number of aryl methyl sites for hydroxylation is 1. The topological polar surface area (TPSA) is 42.7 Å². The lowest BCUT2D eigenvalue weighted by molar-refractivity contribution is 0.724. The first kappa shape index (κ1) is 12.5. The van der Waals surface area contributed by atoms with Gasteiger partial charge in [-0.25, -0.2) is 0 Å². The minimum absolute atomic E-state index is 0.569. The molecule has 2 aromatic rings. The van der Waals surface area contributed by atoms with Crippen molar-refractivity contribution in [3.8, 4) is 11.4 Å². The summed E-state index contributed by atoms with van der Waals surface area (Å²) in [5, 5.41) is 12.4. The number of hydrogen-bond acceptors (Lipinski definition) is 4. The minimum Gasteiger partial charge on any atom is -0.381 e. The van der Waals surface area contributed by atoms with Crippen molar-refractivity contribution < 1.29 is 0 Å². The molecule has 0 spiro atoms. The lowest BCUT2D eigenvalue weighted by atomic mass is 10.1. The second-order valence-electron chi connectivity index (χ2n) is 4.96. The maximum Gasteiger partial charge on any atom is 0.163 e. The zero-order chi connectivity index (χ0) is 13.2. The summed E-state index contributed by atoms with van der Waals surface area (Å²) in [5.41, 5.74) is 2.27. The van der Waals surface area contributed by atoms with E-state index in [0.29, 0.717) is 11.3 Å². The smallest absolute Gasteiger partial charge is 0.163 e. The molecule has 1 aromatic carbocycles. The maximum atomic E-state index is 4.15. The van der Waals surface area contributed by atoms with Crippen LogP contribution in [0.5, 0.6) is 0 Å². The van der Waals surface area contributed by atoms with Crippen molar-refractivity contribution in [3.63, 3.8) is 0 Å². The number of anilines is 1. The first-order valence-electron chi connectivity index (χ1n) is 6.56. The molecular formula is C14H18N4S. The number of nitrogens with one attached hydrogen (secondary N) is 1. The Morgan fingerprint density at radius 1 is 1.42 bits per heavy atom. The number of rotatable bonds is 3. The van der Waals surface area contributed by atoms with Crippen LogP contribution in [0, 0.1) is 0 Å². The average molecular weight is 274 g/mol. The van der Waals surface area contributed by atoms with Gasteiger partial charge in [0.2, 0.25) is 0 Å². The van der Waals surface area contributed by atoms with Gasteiger partial charge in [0.25, 0.3) is 0 Å². The van der Waals surface area contributed by atoms with E-state index in [9.17, 15) is 0 Å². The van der Waals surface area contributed by atoms with E-state index in [1.165, 1.54) is 17.9 Å². The molecule has 1 aromatic heterocycles. The lowest BCUT2D eigenvalue weighted by Crippen LogP contribution is -2.24. The summed E-state index contributed by atoms with van der Waals surface area (Å²) in [7, 11) is 1.96. The predicted molar refractivity (Wildman–Crippen MR) is 80.4 cm³/mol. The van der Waals surface area contributed by atoms with Crippen LogP contribution in [0.1, 0.15) is 13.3 Å². The molecule has 2 unspecified atom stereocenters. The zero-order valence-electron chi connectivity index (χ0n) is 11.2. The van der Waals surface area contributed by atoms with Crippen LogP contribution in [0.25, 0.3) is 11.4 Å².